The molecule has 0 spiro atoms. The summed E-state index contributed by atoms with van der Waals surface area (Å²) in [6.07, 6.45) is 3.98. The van der Waals surface area contributed by atoms with E-state index < -0.39 is 0 Å². The van der Waals surface area contributed by atoms with Crippen LogP contribution in [0, 0.1) is 0 Å². The van der Waals surface area contributed by atoms with Gasteiger partial charge in [0.15, 0.2) is 6.29 Å². The molecule has 1 N–H and O–H groups in total. The molecule has 0 aliphatic carbocycles. The largest absolute Gasteiger partial charge is 0.390 e. The predicted molar refractivity (Wildman–Crippen MR) is 88.2 cm³/mol. The van der Waals surface area contributed by atoms with E-state index in [2.05, 4.69) is 21.8 Å². The maximum atomic E-state index is 9.50. The number of rotatable bonds is 9. The Bertz CT molecular complexity index is 462. The number of thiophene rings is 1. The van der Waals surface area contributed by atoms with E-state index in [4.69, 9.17) is 9.47 Å². The molecule has 0 aromatic carbocycles. The second-order valence-electron chi connectivity index (χ2n) is 4.75. The van der Waals surface area contributed by atoms with Crippen molar-refractivity contribution in [2.45, 2.75) is 37.2 Å². The molecule has 4 nitrogen and oxygen atoms in total. The molecule has 1 aliphatic rings. The maximum Gasteiger partial charge on any atom is 0.154 e. The summed E-state index contributed by atoms with van der Waals surface area (Å²) in [6, 6.07) is 2.10. The van der Waals surface area contributed by atoms with E-state index in [0.717, 1.165) is 25.1 Å². The number of nitrogens with zero attached hydrogens (tertiary/aromatic N) is 1. The zero-order valence-electron chi connectivity index (χ0n) is 12.6. The van der Waals surface area contributed by atoms with Gasteiger partial charge in [0.1, 0.15) is 0 Å². The Kier molecular flexibility index (Phi) is 7.06. The molecule has 1 atom stereocenters. The molecule has 6 heteroatoms. The fourth-order valence-corrected chi connectivity index (χ4v) is 4.19. The van der Waals surface area contributed by atoms with Crippen molar-refractivity contribution in [3.8, 4) is 0 Å². The van der Waals surface area contributed by atoms with Crippen LogP contribution in [0.4, 0.5) is 0 Å². The monoisotopic (exact) mass is 329 g/mol. The van der Waals surface area contributed by atoms with E-state index in [0.29, 0.717) is 13.2 Å². The lowest BCUT2D eigenvalue weighted by Crippen LogP contribution is -2.21. The fourth-order valence-electron chi connectivity index (χ4n) is 2.10. The van der Waals surface area contributed by atoms with Crippen molar-refractivity contribution in [3.05, 3.63) is 22.7 Å². The second kappa shape index (κ2) is 8.80. The zero-order chi connectivity index (χ0) is 15.1. The molecule has 1 aromatic heterocycles. The Morgan fingerprint density at radius 2 is 2.19 bits per heavy atom. The van der Waals surface area contributed by atoms with Crippen LogP contribution < -0.4 is 0 Å². The van der Waals surface area contributed by atoms with Crippen molar-refractivity contribution in [1.82, 2.24) is 4.31 Å². The number of hydrogen-bond acceptors (Lipinski definition) is 6. The molecule has 21 heavy (non-hydrogen) atoms. The van der Waals surface area contributed by atoms with E-state index in [1.807, 2.05) is 13.8 Å². The minimum absolute atomic E-state index is 0.0835. The Balaban J connectivity index is 1.71. The van der Waals surface area contributed by atoms with Crippen molar-refractivity contribution in [2.75, 3.05) is 26.4 Å². The van der Waals surface area contributed by atoms with Crippen LogP contribution in [-0.2, 0) is 9.47 Å². The highest BCUT2D eigenvalue weighted by Crippen LogP contribution is 2.39. The molecule has 1 unspecified atom stereocenters. The van der Waals surface area contributed by atoms with E-state index in [9.17, 15) is 5.11 Å². The topological polar surface area (TPSA) is 41.9 Å². The smallest absolute Gasteiger partial charge is 0.154 e. The van der Waals surface area contributed by atoms with Gasteiger partial charge in [-0.2, -0.15) is 0 Å². The van der Waals surface area contributed by atoms with E-state index in [1.165, 1.54) is 9.77 Å². The molecule has 2 heterocycles. The van der Waals surface area contributed by atoms with Crippen molar-refractivity contribution in [1.29, 1.82) is 0 Å². The van der Waals surface area contributed by atoms with Gasteiger partial charge in [-0.05, 0) is 56.2 Å². The highest BCUT2D eigenvalue weighted by molar-refractivity contribution is 7.99. The lowest BCUT2D eigenvalue weighted by Gasteiger charge is -2.28. The third kappa shape index (κ3) is 5.00. The molecule has 118 valence electrons. The summed E-state index contributed by atoms with van der Waals surface area (Å²) in [6.45, 7) is 6.28. The quantitative estimate of drug-likeness (QED) is 0.426. The normalized spacial score (nSPS) is 15.8. The molecule has 0 radical (unpaired) electrons. The minimum atomic E-state index is -0.124. The van der Waals surface area contributed by atoms with Gasteiger partial charge < -0.3 is 18.9 Å². The summed E-state index contributed by atoms with van der Waals surface area (Å²) in [7, 11) is 0. The molecule has 1 aliphatic heterocycles. The molecule has 1 aromatic rings. The van der Waals surface area contributed by atoms with Crippen LogP contribution in [0.1, 0.15) is 32.3 Å². The summed E-state index contributed by atoms with van der Waals surface area (Å²) in [5.74, 6) is 0. The number of aliphatic hydroxyl groups is 1. The molecular weight excluding hydrogens is 306 g/mol. The lowest BCUT2D eigenvalue weighted by molar-refractivity contribution is -0.127. The van der Waals surface area contributed by atoms with Gasteiger partial charge >= 0.3 is 0 Å². The third-order valence-electron chi connectivity index (χ3n) is 3.17. The Hall–Kier alpha value is -0.530. The van der Waals surface area contributed by atoms with Crippen LogP contribution >= 0.6 is 23.3 Å². The van der Waals surface area contributed by atoms with Crippen LogP contribution in [-0.4, -0.2) is 42.1 Å². The summed E-state index contributed by atoms with van der Waals surface area (Å²) >= 11 is 3.48. The first-order valence-corrected chi connectivity index (χ1v) is 8.97. The number of aliphatic hydroxyl groups excluding tert-OH is 1. The summed E-state index contributed by atoms with van der Waals surface area (Å²) in [5.41, 5.74) is 2.20. The SMILES string of the molecule is CCOC(C)OCCCCN1Sc2sccc2C=C1CO. The predicted octanol–water partition coefficient (Wildman–Crippen LogP) is 3.58. The van der Waals surface area contributed by atoms with Gasteiger partial charge in [0, 0.05) is 25.3 Å². The first kappa shape index (κ1) is 16.8. The highest BCUT2D eigenvalue weighted by Gasteiger charge is 2.19. The van der Waals surface area contributed by atoms with Gasteiger partial charge in [0.25, 0.3) is 0 Å². The summed E-state index contributed by atoms with van der Waals surface area (Å²) in [5, 5.41) is 11.6. The first-order valence-electron chi connectivity index (χ1n) is 7.32. The molecule has 0 bridgehead atoms. The molecule has 0 saturated carbocycles. The summed E-state index contributed by atoms with van der Waals surface area (Å²) in [4.78, 5) is 0. The molecular formula is C15H23NO3S2. The molecule has 0 amide bonds. The highest BCUT2D eigenvalue weighted by atomic mass is 32.2. The van der Waals surface area contributed by atoms with E-state index in [-0.39, 0.29) is 12.9 Å². The number of unbranched alkanes of at least 4 members (excludes halogenated alkanes) is 1. The van der Waals surface area contributed by atoms with E-state index >= 15 is 0 Å². The minimum Gasteiger partial charge on any atom is -0.390 e. The number of fused-ring (bicyclic) bond motifs is 1. The number of hydrogen-bond donors (Lipinski definition) is 1. The Labute approximate surface area is 134 Å². The van der Waals surface area contributed by atoms with Crippen molar-refractivity contribution < 1.29 is 14.6 Å². The van der Waals surface area contributed by atoms with Crippen LogP contribution in [0.3, 0.4) is 0 Å². The van der Waals surface area contributed by atoms with Gasteiger partial charge in [-0.15, -0.1) is 11.3 Å². The van der Waals surface area contributed by atoms with E-state index in [1.54, 1.807) is 23.3 Å². The second-order valence-corrected chi connectivity index (χ2v) is 6.96. The molecule has 0 saturated heterocycles. The zero-order valence-corrected chi connectivity index (χ0v) is 14.2. The standard InChI is InChI=1S/C15H23NO3S2/c1-3-18-12(2)19-8-5-4-7-16-14(11-17)10-13-6-9-20-15(13)21-16/h6,9-10,12,17H,3-5,7-8,11H2,1-2H3. The van der Waals surface area contributed by atoms with Crippen LogP contribution in [0.2, 0.25) is 0 Å². The van der Waals surface area contributed by atoms with Gasteiger partial charge in [-0.1, -0.05) is 0 Å². The molecule has 0 fully saturated rings. The average Bonchev–Trinajstić information content (AvgIpc) is 2.93. The Morgan fingerprint density at radius 3 is 2.95 bits per heavy atom. The van der Waals surface area contributed by atoms with Crippen molar-refractivity contribution >= 4 is 29.4 Å². The van der Waals surface area contributed by atoms with Gasteiger partial charge in [0.05, 0.1) is 16.5 Å². The van der Waals surface area contributed by atoms with Crippen molar-refractivity contribution in [3.63, 3.8) is 0 Å². The van der Waals surface area contributed by atoms with Crippen LogP contribution in [0.15, 0.2) is 21.4 Å². The maximum absolute atomic E-state index is 9.50. The fraction of sp³-hybridized carbons (Fsp3) is 0.600. The van der Waals surface area contributed by atoms with Crippen LogP contribution in [0.5, 0.6) is 0 Å². The van der Waals surface area contributed by atoms with Gasteiger partial charge in [0.2, 0.25) is 0 Å². The van der Waals surface area contributed by atoms with Crippen molar-refractivity contribution in [2.24, 2.45) is 0 Å². The van der Waals surface area contributed by atoms with Crippen LogP contribution in [0.25, 0.3) is 6.08 Å². The van der Waals surface area contributed by atoms with Gasteiger partial charge in [-0.3, -0.25) is 0 Å². The third-order valence-corrected chi connectivity index (χ3v) is 5.44. The average molecular weight is 329 g/mol. The lowest BCUT2D eigenvalue weighted by atomic mass is 10.2. The Morgan fingerprint density at radius 1 is 1.33 bits per heavy atom. The molecule has 2 rings (SSSR count). The summed E-state index contributed by atoms with van der Waals surface area (Å²) < 4.78 is 14.4. The first-order chi connectivity index (χ1) is 10.2. The van der Waals surface area contributed by atoms with Gasteiger partial charge in [-0.25, -0.2) is 0 Å². The number of ether oxygens (including phenoxy) is 2.